The van der Waals surface area contributed by atoms with Crippen LogP contribution in [0.5, 0.6) is 0 Å². The standard InChI is InChI=1S/C17H28N2/c1-3-19(16-11-7-8-12-16)14-13-17(18-2)15-9-5-4-6-10-15/h4-6,9-10,16-18H,3,7-8,11-14H2,1-2H3. The summed E-state index contributed by atoms with van der Waals surface area (Å²) in [5, 5.41) is 3.46. The zero-order valence-electron chi connectivity index (χ0n) is 12.4. The van der Waals surface area contributed by atoms with Crippen LogP contribution in [0.4, 0.5) is 0 Å². The number of nitrogens with zero attached hydrogens (tertiary/aromatic N) is 1. The first-order valence-electron chi connectivity index (χ1n) is 7.81. The first kappa shape index (κ1) is 14.5. The van der Waals surface area contributed by atoms with E-state index in [0.29, 0.717) is 6.04 Å². The number of hydrogen-bond donors (Lipinski definition) is 1. The minimum atomic E-state index is 0.483. The van der Waals surface area contributed by atoms with Crippen molar-refractivity contribution in [2.24, 2.45) is 0 Å². The molecular weight excluding hydrogens is 232 g/mol. The number of rotatable bonds is 7. The van der Waals surface area contributed by atoms with Crippen molar-refractivity contribution in [3.05, 3.63) is 35.9 Å². The van der Waals surface area contributed by atoms with E-state index in [2.05, 4.69) is 54.5 Å². The Bertz CT molecular complexity index is 344. The highest BCUT2D eigenvalue weighted by atomic mass is 15.2. The predicted molar refractivity (Wildman–Crippen MR) is 82.4 cm³/mol. The molecule has 1 unspecified atom stereocenters. The van der Waals surface area contributed by atoms with Gasteiger partial charge in [0.1, 0.15) is 0 Å². The normalized spacial score (nSPS) is 18.1. The van der Waals surface area contributed by atoms with Gasteiger partial charge in [0.05, 0.1) is 0 Å². The van der Waals surface area contributed by atoms with Crippen LogP contribution >= 0.6 is 0 Å². The van der Waals surface area contributed by atoms with Gasteiger partial charge in [-0.2, -0.15) is 0 Å². The lowest BCUT2D eigenvalue weighted by atomic mass is 10.0. The van der Waals surface area contributed by atoms with Crippen LogP contribution in [0, 0.1) is 0 Å². The molecule has 0 amide bonds. The fourth-order valence-electron chi connectivity index (χ4n) is 3.33. The average molecular weight is 260 g/mol. The van der Waals surface area contributed by atoms with Gasteiger partial charge < -0.3 is 10.2 Å². The first-order chi connectivity index (χ1) is 9.35. The Morgan fingerprint density at radius 1 is 1.21 bits per heavy atom. The number of nitrogens with one attached hydrogen (secondary N) is 1. The lowest BCUT2D eigenvalue weighted by Gasteiger charge is -2.29. The Morgan fingerprint density at radius 2 is 1.89 bits per heavy atom. The summed E-state index contributed by atoms with van der Waals surface area (Å²) in [6, 6.07) is 12.1. The highest BCUT2D eigenvalue weighted by Crippen LogP contribution is 2.25. The Labute approximate surface area is 118 Å². The molecule has 1 atom stereocenters. The Balaban J connectivity index is 1.88. The monoisotopic (exact) mass is 260 g/mol. The van der Waals surface area contributed by atoms with Crippen LogP contribution in [0.25, 0.3) is 0 Å². The Hall–Kier alpha value is -0.860. The molecule has 1 saturated carbocycles. The molecule has 0 saturated heterocycles. The molecule has 106 valence electrons. The molecule has 2 nitrogen and oxygen atoms in total. The van der Waals surface area contributed by atoms with E-state index in [1.807, 2.05) is 0 Å². The number of benzene rings is 1. The van der Waals surface area contributed by atoms with Gasteiger partial charge in [0.15, 0.2) is 0 Å². The lowest BCUT2D eigenvalue weighted by molar-refractivity contribution is 0.199. The minimum absolute atomic E-state index is 0.483. The predicted octanol–water partition coefficient (Wildman–Crippen LogP) is 3.60. The molecule has 0 radical (unpaired) electrons. The van der Waals surface area contributed by atoms with Crippen LogP contribution in [0.15, 0.2) is 30.3 Å². The fourth-order valence-corrected chi connectivity index (χ4v) is 3.33. The van der Waals surface area contributed by atoms with Crippen molar-refractivity contribution < 1.29 is 0 Å². The Morgan fingerprint density at radius 3 is 2.47 bits per heavy atom. The van der Waals surface area contributed by atoms with Gasteiger partial charge in [-0.05, 0) is 38.4 Å². The molecule has 0 heterocycles. The fraction of sp³-hybridized carbons (Fsp3) is 0.647. The first-order valence-corrected chi connectivity index (χ1v) is 7.81. The molecule has 1 aromatic carbocycles. The summed E-state index contributed by atoms with van der Waals surface area (Å²) in [5.74, 6) is 0. The van der Waals surface area contributed by atoms with Gasteiger partial charge in [0.2, 0.25) is 0 Å². The largest absolute Gasteiger partial charge is 0.313 e. The average Bonchev–Trinajstić information content (AvgIpc) is 2.99. The van der Waals surface area contributed by atoms with Gasteiger partial charge in [-0.3, -0.25) is 0 Å². The molecule has 1 N–H and O–H groups in total. The molecule has 2 rings (SSSR count). The quantitative estimate of drug-likeness (QED) is 0.806. The van der Waals surface area contributed by atoms with Crippen molar-refractivity contribution in [2.45, 2.75) is 51.1 Å². The molecule has 1 fully saturated rings. The third kappa shape index (κ3) is 4.05. The summed E-state index contributed by atoms with van der Waals surface area (Å²) in [6.45, 7) is 4.70. The van der Waals surface area contributed by atoms with Crippen LogP contribution in [0.2, 0.25) is 0 Å². The molecule has 0 spiro atoms. The van der Waals surface area contributed by atoms with E-state index >= 15 is 0 Å². The zero-order valence-corrected chi connectivity index (χ0v) is 12.4. The SMILES string of the molecule is CCN(CCC(NC)c1ccccc1)C1CCCC1. The summed E-state index contributed by atoms with van der Waals surface area (Å²) >= 11 is 0. The van der Waals surface area contributed by atoms with Crippen LogP contribution in [-0.2, 0) is 0 Å². The van der Waals surface area contributed by atoms with E-state index in [1.165, 1.54) is 50.8 Å². The summed E-state index contributed by atoms with van der Waals surface area (Å²) in [6.07, 6.45) is 6.86. The molecule has 0 aromatic heterocycles. The van der Waals surface area contributed by atoms with Crippen molar-refractivity contribution in [3.63, 3.8) is 0 Å². The van der Waals surface area contributed by atoms with Crippen molar-refractivity contribution in [3.8, 4) is 0 Å². The van der Waals surface area contributed by atoms with Gasteiger partial charge in [0.25, 0.3) is 0 Å². The maximum atomic E-state index is 3.46. The lowest BCUT2D eigenvalue weighted by Crippen LogP contribution is -2.35. The molecule has 19 heavy (non-hydrogen) atoms. The van der Waals surface area contributed by atoms with Gasteiger partial charge in [0, 0.05) is 18.6 Å². The molecular formula is C17H28N2. The highest BCUT2D eigenvalue weighted by molar-refractivity contribution is 5.18. The zero-order chi connectivity index (χ0) is 13.5. The van der Waals surface area contributed by atoms with E-state index in [1.54, 1.807) is 0 Å². The molecule has 1 aliphatic rings. The second kappa shape index (κ2) is 7.66. The molecule has 1 aromatic rings. The topological polar surface area (TPSA) is 15.3 Å². The van der Waals surface area contributed by atoms with Crippen molar-refractivity contribution in [1.29, 1.82) is 0 Å². The van der Waals surface area contributed by atoms with Gasteiger partial charge in [-0.25, -0.2) is 0 Å². The van der Waals surface area contributed by atoms with Crippen molar-refractivity contribution in [2.75, 3.05) is 20.1 Å². The maximum absolute atomic E-state index is 3.46. The van der Waals surface area contributed by atoms with Gasteiger partial charge >= 0.3 is 0 Å². The molecule has 1 aliphatic carbocycles. The van der Waals surface area contributed by atoms with E-state index < -0.39 is 0 Å². The summed E-state index contributed by atoms with van der Waals surface area (Å²) < 4.78 is 0. The van der Waals surface area contributed by atoms with Crippen LogP contribution in [-0.4, -0.2) is 31.1 Å². The molecule has 0 aliphatic heterocycles. The summed E-state index contributed by atoms with van der Waals surface area (Å²) in [7, 11) is 2.07. The van der Waals surface area contributed by atoms with Gasteiger partial charge in [-0.15, -0.1) is 0 Å². The second-order valence-corrected chi connectivity index (χ2v) is 5.61. The third-order valence-electron chi connectivity index (χ3n) is 4.50. The van der Waals surface area contributed by atoms with Crippen molar-refractivity contribution in [1.82, 2.24) is 10.2 Å². The molecule has 2 heteroatoms. The van der Waals surface area contributed by atoms with Crippen molar-refractivity contribution >= 4 is 0 Å². The summed E-state index contributed by atoms with van der Waals surface area (Å²) in [5.41, 5.74) is 1.41. The van der Waals surface area contributed by atoms with Crippen LogP contribution in [0.1, 0.15) is 50.6 Å². The Kier molecular flexibility index (Phi) is 5.87. The van der Waals surface area contributed by atoms with Crippen LogP contribution < -0.4 is 5.32 Å². The van der Waals surface area contributed by atoms with Gasteiger partial charge in [-0.1, -0.05) is 50.1 Å². The van der Waals surface area contributed by atoms with E-state index in [9.17, 15) is 0 Å². The highest BCUT2D eigenvalue weighted by Gasteiger charge is 2.21. The summed E-state index contributed by atoms with van der Waals surface area (Å²) in [4.78, 5) is 2.68. The van der Waals surface area contributed by atoms with E-state index in [4.69, 9.17) is 0 Å². The van der Waals surface area contributed by atoms with E-state index in [-0.39, 0.29) is 0 Å². The van der Waals surface area contributed by atoms with Crippen LogP contribution in [0.3, 0.4) is 0 Å². The number of hydrogen-bond acceptors (Lipinski definition) is 2. The third-order valence-corrected chi connectivity index (χ3v) is 4.50. The van der Waals surface area contributed by atoms with E-state index in [0.717, 1.165) is 6.04 Å². The molecule has 0 bridgehead atoms. The smallest absolute Gasteiger partial charge is 0.0329 e. The second-order valence-electron chi connectivity index (χ2n) is 5.61. The maximum Gasteiger partial charge on any atom is 0.0329 e. The minimum Gasteiger partial charge on any atom is -0.313 e.